The van der Waals surface area contributed by atoms with Gasteiger partial charge in [0.1, 0.15) is 10.7 Å². The molecule has 2 rings (SSSR count). The van der Waals surface area contributed by atoms with Crippen LogP contribution in [0.25, 0.3) is 0 Å². The molecule has 118 valence electrons. The third-order valence-electron chi connectivity index (χ3n) is 2.81. The topological polar surface area (TPSA) is 81.2 Å². The summed E-state index contributed by atoms with van der Waals surface area (Å²) in [6.07, 6.45) is 5.92. The molecular formula is C16H14ClN3O3. The number of ketones is 1. The van der Waals surface area contributed by atoms with Gasteiger partial charge in [0, 0.05) is 30.5 Å². The summed E-state index contributed by atoms with van der Waals surface area (Å²) in [5, 5.41) is 2.89. The lowest BCUT2D eigenvalue weighted by Crippen LogP contribution is -2.18. The lowest BCUT2D eigenvalue weighted by Gasteiger charge is -2.08. The summed E-state index contributed by atoms with van der Waals surface area (Å²) in [4.78, 5) is 32.3. The molecule has 0 aliphatic heterocycles. The summed E-state index contributed by atoms with van der Waals surface area (Å²) < 4.78 is 4.93. The normalized spacial score (nSPS) is 11.0. The first-order valence-corrected chi connectivity index (χ1v) is 7.20. The van der Waals surface area contributed by atoms with Crippen molar-refractivity contribution in [3.63, 3.8) is 0 Å². The maximum absolute atomic E-state index is 12.6. The predicted molar refractivity (Wildman–Crippen MR) is 86.2 cm³/mol. The molecule has 0 bridgehead atoms. The lowest BCUT2D eigenvalue weighted by atomic mass is 10.1. The van der Waals surface area contributed by atoms with Gasteiger partial charge in [0.15, 0.2) is 0 Å². The number of pyridine rings is 2. The molecule has 1 N–H and O–H groups in total. The van der Waals surface area contributed by atoms with Crippen molar-refractivity contribution in [2.45, 2.75) is 6.92 Å². The van der Waals surface area contributed by atoms with Gasteiger partial charge in [0.25, 0.3) is 0 Å². The smallest absolute Gasteiger partial charge is 0.343 e. The highest BCUT2D eigenvalue weighted by atomic mass is 35.5. The number of rotatable bonds is 6. The molecule has 0 aliphatic rings. The summed E-state index contributed by atoms with van der Waals surface area (Å²) in [7, 11) is 0. The monoisotopic (exact) mass is 331 g/mol. The van der Waals surface area contributed by atoms with E-state index < -0.39 is 11.8 Å². The number of nitrogens with one attached hydrogen (secondary N) is 1. The fraction of sp³-hybridized carbons (Fsp3) is 0.125. The van der Waals surface area contributed by atoms with Gasteiger partial charge in [-0.3, -0.25) is 9.78 Å². The Hall–Kier alpha value is -2.73. The Bertz CT molecular complexity index is 732. The van der Waals surface area contributed by atoms with E-state index in [1.807, 2.05) is 0 Å². The van der Waals surface area contributed by atoms with Gasteiger partial charge in [0.05, 0.1) is 12.2 Å². The van der Waals surface area contributed by atoms with Crippen LogP contribution in [0.1, 0.15) is 17.3 Å². The molecule has 0 aromatic carbocycles. The maximum Gasteiger partial charge on any atom is 0.343 e. The van der Waals surface area contributed by atoms with Crippen molar-refractivity contribution in [1.29, 1.82) is 0 Å². The van der Waals surface area contributed by atoms with E-state index in [0.717, 1.165) is 0 Å². The molecule has 0 atom stereocenters. The standard InChI is InChI=1S/C16H14ClN3O3/c1-2-23-16(22)13(10-20-11-5-8-18-9-6-11)14(21)12-4-3-7-19-15(12)17/h3-10H,2H2,1H3,(H,18,20)/b13-10+. The third kappa shape index (κ3) is 4.37. The number of aromatic nitrogens is 2. The summed E-state index contributed by atoms with van der Waals surface area (Å²) in [6, 6.07) is 6.46. The van der Waals surface area contributed by atoms with Gasteiger partial charge in [-0.05, 0) is 31.2 Å². The van der Waals surface area contributed by atoms with E-state index in [4.69, 9.17) is 16.3 Å². The number of esters is 1. The van der Waals surface area contributed by atoms with Crippen molar-refractivity contribution in [2.24, 2.45) is 0 Å². The van der Waals surface area contributed by atoms with Gasteiger partial charge in [-0.1, -0.05) is 11.6 Å². The second-order valence-electron chi connectivity index (χ2n) is 4.33. The fourth-order valence-corrected chi connectivity index (χ4v) is 1.94. The Balaban J connectivity index is 2.32. The average molecular weight is 332 g/mol. The van der Waals surface area contributed by atoms with Crippen LogP contribution in [-0.4, -0.2) is 28.3 Å². The highest BCUT2D eigenvalue weighted by Gasteiger charge is 2.23. The zero-order valence-electron chi connectivity index (χ0n) is 12.3. The number of halogens is 1. The van der Waals surface area contributed by atoms with E-state index in [0.29, 0.717) is 5.69 Å². The number of hydrogen-bond acceptors (Lipinski definition) is 6. The van der Waals surface area contributed by atoms with E-state index in [1.54, 1.807) is 37.5 Å². The van der Waals surface area contributed by atoms with Crippen molar-refractivity contribution in [3.05, 3.63) is 65.3 Å². The second-order valence-corrected chi connectivity index (χ2v) is 4.69. The predicted octanol–water partition coefficient (Wildman–Crippen LogP) is 2.87. The molecule has 2 heterocycles. The molecule has 0 radical (unpaired) electrons. The van der Waals surface area contributed by atoms with Gasteiger partial charge in [-0.2, -0.15) is 0 Å². The van der Waals surface area contributed by atoms with Crippen LogP contribution in [0.2, 0.25) is 5.15 Å². The number of ether oxygens (including phenoxy) is 1. The number of anilines is 1. The highest BCUT2D eigenvalue weighted by Crippen LogP contribution is 2.17. The van der Waals surface area contributed by atoms with Crippen molar-refractivity contribution in [3.8, 4) is 0 Å². The zero-order valence-corrected chi connectivity index (χ0v) is 13.1. The molecule has 0 aliphatic carbocycles. The second kappa shape index (κ2) is 8.05. The first-order valence-electron chi connectivity index (χ1n) is 6.82. The third-order valence-corrected chi connectivity index (χ3v) is 3.11. The summed E-state index contributed by atoms with van der Waals surface area (Å²) in [5.74, 6) is -1.30. The molecular weight excluding hydrogens is 318 g/mol. The molecule has 0 amide bonds. The van der Waals surface area contributed by atoms with Crippen LogP contribution in [0.4, 0.5) is 5.69 Å². The fourth-order valence-electron chi connectivity index (χ4n) is 1.73. The number of carbonyl (C=O) groups is 2. The van der Waals surface area contributed by atoms with Gasteiger partial charge >= 0.3 is 5.97 Å². The van der Waals surface area contributed by atoms with Crippen LogP contribution in [0.5, 0.6) is 0 Å². The Morgan fingerprint density at radius 3 is 2.65 bits per heavy atom. The SMILES string of the molecule is CCOC(=O)/C(=C/Nc1ccncc1)C(=O)c1cccnc1Cl. The molecule has 6 nitrogen and oxygen atoms in total. The molecule has 0 unspecified atom stereocenters. The van der Waals surface area contributed by atoms with Crippen LogP contribution >= 0.6 is 11.6 Å². The van der Waals surface area contributed by atoms with E-state index in [-0.39, 0.29) is 22.9 Å². The highest BCUT2D eigenvalue weighted by molar-refractivity contribution is 6.36. The molecule has 0 fully saturated rings. The van der Waals surface area contributed by atoms with Crippen LogP contribution in [0, 0.1) is 0 Å². The van der Waals surface area contributed by atoms with E-state index in [9.17, 15) is 9.59 Å². The van der Waals surface area contributed by atoms with Gasteiger partial charge in [-0.25, -0.2) is 9.78 Å². The number of Topliss-reactive ketones (excluding diaryl/α,β-unsaturated/α-hetero) is 1. The molecule has 0 saturated carbocycles. The first-order chi connectivity index (χ1) is 11.1. The molecule has 2 aromatic heterocycles. The molecule has 0 saturated heterocycles. The van der Waals surface area contributed by atoms with E-state index >= 15 is 0 Å². The summed E-state index contributed by atoms with van der Waals surface area (Å²) in [5.41, 5.74) is 0.635. The molecule has 2 aromatic rings. The Labute approximate surface area is 138 Å². The van der Waals surface area contributed by atoms with E-state index in [2.05, 4.69) is 15.3 Å². The minimum Gasteiger partial charge on any atom is -0.462 e. The van der Waals surface area contributed by atoms with Crippen molar-refractivity contribution < 1.29 is 14.3 Å². The minimum atomic E-state index is -0.737. The van der Waals surface area contributed by atoms with Crippen molar-refractivity contribution in [2.75, 3.05) is 11.9 Å². The van der Waals surface area contributed by atoms with Crippen molar-refractivity contribution >= 4 is 29.0 Å². The quantitative estimate of drug-likeness (QED) is 0.219. The van der Waals surface area contributed by atoms with Gasteiger partial charge in [-0.15, -0.1) is 0 Å². The minimum absolute atomic E-state index is 0.0246. The average Bonchev–Trinajstić information content (AvgIpc) is 2.56. The molecule has 23 heavy (non-hydrogen) atoms. The molecule has 0 spiro atoms. The Morgan fingerprint density at radius 2 is 2.00 bits per heavy atom. The van der Waals surface area contributed by atoms with E-state index in [1.165, 1.54) is 18.5 Å². The number of hydrogen-bond donors (Lipinski definition) is 1. The zero-order chi connectivity index (χ0) is 16.7. The first kappa shape index (κ1) is 16.6. The molecule has 7 heteroatoms. The Kier molecular flexibility index (Phi) is 5.82. The summed E-state index contributed by atoms with van der Waals surface area (Å²) in [6.45, 7) is 1.81. The Morgan fingerprint density at radius 1 is 1.26 bits per heavy atom. The van der Waals surface area contributed by atoms with Crippen LogP contribution in [-0.2, 0) is 9.53 Å². The lowest BCUT2D eigenvalue weighted by molar-refractivity contribution is -0.138. The summed E-state index contributed by atoms with van der Waals surface area (Å²) >= 11 is 5.92. The number of nitrogens with zero attached hydrogens (tertiary/aromatic N) is 2. The van der Waals surface area contributed by atoms with Crippen LogP contribution in [0.3, 0.4) is 0 Å². The number of carbonyl (C=O) groups excluding carboxylic acids is 2. The van der Waals surface area contributed by atoms with Gasteiger partial charge in [0.2, 0.25) is 5.78 Å². The van der Waals surface area contributed by atoms with Gasteiger partial charge < -0.3 is 10.1 Å². The largest absolute Gasteiger partial charge is 0.462 e. The van der Waals surface area contributed by atoms with Crippen molar-refractivity contribution in [1.82, 2.24) is 9.97 Å². The maximum atomic E-state index is 12.6. The van der Waals surface area contributed by atoms with Crippen LogP contribution < -0.4 is 5.32 Å². The van der Waals surface area contributed by atoms with Crippen LogP contribution in [0.15, 0.2) is 54.6 Å².